The zero-order valence-corrected chi connectivity index (χ0v) is 12.3. The van der Waals surface area contributed by atoms with Gasteiger partial charge in [-0.15, -0.1) is 0 Å². The quantitative estimate of drug-likeness (QED) is 0.815. The number of carbonyl (C=O) groups is 1. The Balaban J connectivity index is 2.37. The van der Waals surface area contributed by atoms with Gasteiger partial charge in [0.05, 0.1) is 18.8 Å². The molecule has 5 heteroatoms. The highest BCUT2D eigenvalue weighted by Crippen LogP contribution is 2.20. The Hall–Kier alpha value is -1.36. The molecule has 1 rings (SSSR count). The third kappa shape index (κ3) is 6.38. The van der Waals surface area contributed by atoms with Crippen molar-refractivity contribution in [2.75, 3.05) is 6.61 Å². The summed E-state index contributed by atoms with van der Waals surface area (Å²) in [4.78, 5) is 11.8. The average Bonchev–Trinajstić information content (AvgIpc) is 2.70. The Bertz CT molecular complexity index is 407. The average molecular weight is 267 g/mol. The van der Waals surface area contributed by atoms with Crippen LogP contribution in [0.25, 0.3) is 0 Å². The van der Waals surface area contributed by atoms with Crippen LogP contribution in [0.4, 0.5) is 0 Å². The van der Waals surface area contributed by atoms with E-state index in [0.717, 1.165) is 12.0 Å². The number of hydrogen-bond donors (Lipinski definition) is 2. The number of nitrogens with one attached hydrogen (secondary N) is 1. The third-order valence-corrected chi connectivity index (χ3v) is 2.84. The lowest BCUT2D eigenvalue weighted by Crippen LogP contribution is -2.40. The van der Waals surface area contributed by atoms with Crippen molar-refractivity contribution < 1.29 is 9.90 Å². The van der Waals surface area contributed by atoms with Crippen LogP contribution in [0.1, 0.15) is 39.2 Å². The van der Waals surface area contributed by atoms with Crippen molar-refractivity contribution >= 4 is 5.91 Å². The molecule has 0 saturated heterocycles. The van der Waals surface area contributed by atoms with E-state index in [1.807, 2.05) is 13.2 Å². The Morgan fingerprint density at radius 1 is 1.53 bits per heavy atom. The Morgan fingerprint density at radius 2 is 2.21 bits per heavy atom. The van der Waals surface area contributed by atoms with Crippen molar-refractivity contribution in [3.63, 3.8) is 0 Å². The molecule has 0 bridgehead atoms. The maximum Gasteiger partial charge on any atom is 0.220 e. The molecule has 0 aliphatic rings. The highest BCUT2D eigenvalue weighted by Gasteiger charge is 2.19. The van der Waals surface area contributed by atoms with Crippen LogP contribution in [0.5, 0.6) is 0 Å². The first kappa shape index (κ1) is 15.7. The zero-order chi connectivity index (χ0) is 14.5. The molecule has 5 nitrogen and oxygen atoms in total. The van der Waals surface area contributed by atoms with Crippen LogP contribution < -0.4 is 5.32 Å². The molecule has 1 aromatic rings. The van der Waals surface area contributed by atoms with Crippen molar-refractivity contribution in [3.05, 3.63) is 18.0 Å². The topological polar surface area (TPSA) is 67.2 Å². The van der Waals surface area contributed by atoms with Gasteiger partial charge in [-0.3, -0.25) is 9.48 Å². The fraction of sp³-hybridized carbons (Fsp3) is 0.714. The fourth-order valence-electron chi connectivity index (χ4n) is 2.06. The minimum absolute atomic E-state index is 0.0180. The lowest BCUT2D eigenvalue weighted by molar-refractivity contribution is -0.122. The number of aromatic nitrogens is 2. The molecule has 1 heterocycles. The predicted octanol–water partition coefficient (Wildman–Crippen LogP) is 1.27. The van der Waals surface area contributed by atoms with Crippen molar-refractivity contribution in [2.24, 2.45) is 12.5 Å². The number of aliphatic hydroxyl groups excluding tert-OH is 1. The lowest BCUT2D eigenvalue weighted by Gasteiger charge is -2.25. The van der Waals surface area contributed by atoms with E-state index in [-0.39, 0.29) is 24.0 Å². The zero-order valence-electron chi connectivity index (χ0n) is 12.3. The van der Waals surface area contributed by atoms with E-state index >= 15 is 0 Å². The van der Waals surface area contributed by atoms with E-state index < -0.39 is 0 Å². The predicted molar refractivity (Wildman–Crippen MR) is 74.6 cm³/mol. The summed E-state index contributed by atoms with van der Waals surface area (Å²) in [5.41, 5.74) is 1.14. The number of rotatable bonds is 6. The van der Waals surface area contributed by atoms with Gasteiger partial charge < -0.3 is 10.4 Å². The van der Waals surface area contributed by atoms with Crippen LogP contribution in [0, 0.1) is 5.41 Å². The first-order chi connectivity index (χ1) is 8.80. The summed E-state index contributed by atoms with van der Waals surface area (Å²) in [5.74, 6) is -0.0212. The number of aryl methyl sites for hydroxylation is 2. The minimum Gasteiger partial charge on any atom is -0.394 e. The van der Waals surface area contributed by atoms with Crippen molar-refractivity contribution in [1.29, 1.82) is 0 Å². The van der Waals surface area contributed by atoms with Gasteiger partial charge in [-0.2, -0.15) is 5.10 Å². The molecule has 19 heavy (non-hydrogen) atoms. The summed E-state index contributed by atoms with van der Waals surface area (Å²) < 4.78 is 1.73. The molecule has 0 spiro atoms. The Labute approximate surface area is 115 Å². The smallest absolute Gasteiger partial charge is 0.220 e. The second-order valence-electron chi connectivity index (χ2n) is 6.23. The third-order valence-electron chi connectivity index (χ3n) is 2.84. The lowest BCUT2D eigenvalue weighted by atomic mass is 9.88. The van der Waals surface area contributed by atoms with E-state index in [1.54, 1.807) is 10.9 Å². The summed E-state index contributed by atoms with van der Waals surface area (Å²) >= 11 is 0. The summed E-state index contributed by atoms with van der Waals surface area (Å²) in [6.07, 6.45) is 5.54. The monoisotopic (exact) mass is 267 g/mol. The van der Waals surface area contributed by atoms with E-state index in [9.17, 15) is 9.90 Å². The van der Waals surface area contributed by atoms with Crippen LogP contribution in [0.15, 0.2) is 12.4 Å². The van der Waals surface area contributed by atoms with Gasteiger partial charge in [0, 0.05) is 19.7 Å². The molecule has 0 aliphatic carbocycles. The van der Waals surface area contributed by atoms with Crippen LogP contribution in [-0.2, 0) is 18.3 Å². The Morgan fingerprint density at radius 3 is 2.68 bits per heavy atom. The highest BCUT2D eigenvalue weighted by molar-refractivity contribution is 5.76. The minimum atomic E-state index is -0.165. The number of carbonyl (C=O) groups excluding carboxylic acids is 1. The molecule has 0 saturated carbocycles. The van der Waals surface area contributed by atoms with Gasteiger partial charge in [0.15, 0.2) is 0 Å². The highest BCUT2D eigenvalue weighted by atomic mass is 16.3. The molecule has 0 aromatic carbocycles. The van der Waals surface area contributed by atoms with E-state index in [2.05, 4.69) is 31.2 Å². The molecule has 0 fully saturated rings. The molecule has 1 atom stereocenters. The second-order valence-corrected chi connectivity index (χ2v) is 6.23. The van der Waals surface area contributed by atoms with Gasteiger partial charge in [0.1, 0.15) is 0 Å². The number of aliphatic hydroxyl groups is 1. The van der Waals surface area contributed by atoms with Crippen LogP contribution in [-0.4, -0.2) is 33.4 Å². The maximum atomic E-state index is 11.8. The molecule has 2 N–H and O–H groups in total. The summed E-state index contributed by atoms with van der Waals surface area (Å²) in [5, 5.41) is 16.2. The van der Waals surface area contributed by atoms with Gasteiger partial charge in [0.25, 0.3) is 0 Å². The SMILES string of the molecule is Cn1cc(CCC(=O)NC(CO)CC(C)(C)C)cn1. The van der Waals surface area contributed by atoms with E-state index in [4.69, 9.17) is 0 Å². The number of hydrogen-bond acceptors (Lipinski definition) is 3. The van der Waals surface area contributed by atoms with Crippen LogP contribution in [0.2, 0.25) is 0 Å². The van der Waals surface area contributed by atoms with Crippen molar-refractivity contribution in [2.45, 2.75) is 46.1 Å². The second kappa shape index (κ2) is 6.70. The molecule has 0 aliphatic heterocycles. The van der Waals surface area contributed by atoms with Gasteiger partial charge in [-0.1, -0.05) is 20.8 Å². The standard InChI is InChI=1S/C14H25N3O2/c1-14(2,3)7-12(10-18)16-13(19)6-5-11-8-15-17(4)9-11/h8-9,12,18H,5-7,10H2,1-4H3,(H,16,19). The first-order valence-electron chi connectivity index (χ1n) is 6.68. The molecule has 1 aromatic heterocycles. The van der Waals surface area contributed by atoms with Gasteiger partial charge in [-0.25, -0.2) is 0 Å². The molecular formula is C14H25N3O2. The van der Waals surface area contributed by atoms with Gasteiger partial charge in [0.2, 0.25) is 5.91 Å². The maximum absolute atomic E-state index is 11.8. The molecule has 1 amide bonds. The van der Waals surface area contributed by atoms with Crippen LogP contribution in [0.3, 0.4) is 0 Å². The van der Waals surface area contributed by atoms with E-state index in [0.29, 0.717) is 12.8 Å². The van der Waals surface area contributed by atoms with Crippen molar-refractivity contribution in [3.8, 4) is 0 Å². The van der Waals surface area contributed by atoms with Gasteiger partial charge in [-0.05, 0) is 23.8 Å². The molecular weight excluding hydrogens is 242 g/mol. The van der Waals surface area contributed by atoms with Crippen LogP contribution >= 0.6 is 0 Å². The molecule has 1 unspecified atom stereocenters. The summed E-state index contributed by atoms with van der Waals surface area (Å²) in [6.45, 7) is 6.27. The van der Waals surface area contributed by atoms with Gasteiger partial charge >= 0.3 is 0 Å². The summed E-state index contributed by atoms with van der Waals surface area (Å²) in [6, 6.07) is -0.165. The largest absolute Gasteiger partial charge is 0.394 e. The van der Waals surface area contributed by atoms with E-state index in [1.165, 1.54) is 0 Å². The number of nitrogens with zero attached hydrogens (tertiary/aromatic N) is 2. The number of amides is 1. The van der Waals surface area contributed by atoms with Crippen molar-refractivity contribution in [1.82, 2.24) is 15.1 Å². The first-order valence-corrected chi connectivity index (χ1v) is 6.68. The molecule has 108 valence electrons. The normalized spacial score (nSPS) is 13.3. The molecule has 0 radical (unpaired) electrons. The summed E-state index contributed by atoms with van der Waals surface area (Å²) in [7, 11) is 1.86. The Kier molecular flexibility index (Phi) is 5.54. The fourth-order valence-corrected chi connectivity index (χ4v) is 2.06.